The molecule has 2 aromatic heterocycles. The summed E-state index contributed by atoms with van der Waals surface area (Å²) >= 11 is 0. The van der Waals surface area contributed by atoms with Gasteiger partial charge in [0, 0.05) is 18.7 Å². The van der Waals surface area contributed by atoms with Gasteiger partial charge in [0.25, 0.3) is 5.91 Å². The fourth-order valence-corrected chi connectivity index (χ4v) is 3.25. The van der Waals surface area contributed by atoms with Gasteiger partial charge in [0.15, 0.2) is 5.82 Å². The van der Waals surface area contributed by atoms with Gasteiger partial charge in [-0.25, -0.2) is 5.10 Å². The third kappa shape index (κ3) is 2.75. The lowest BCUT2D eigenvalue weighted by atomic mass is 9.84. The van der Waals surface area contributed by atoms with Crippen LogP contribution in [0.25, 0.3) is 0 Å². The van der Waals surface area contributed by atoms with Crippen molar-refractivity contribution >= 4 is 17.4 Å². The van der Waals surface area contributed by atoms with Crippen molar-refractivity contribution in [1.82, 2.24) is 30.6 Å². The maximum Gasteiger partial charge on any atom is 0.316 e. The van der Waals surface area contributed by atoms with E-state index in [1.807, 2.05) is 38.1 Å². The normalized spacial score (nSPS) is 14.3. The Morgan fingerprint density at radius 1 is 1.22 bits per heavy atom. The zero-order valence-corrected chi connectivity index (χ0v) is 14.8. The van der Waals surface area contributed by atoms with Gasteiger partial charge in [0.05, 0.1) is 11.1 Å². The van der Waals surface area contributed by atoms with Crippen LogP contribution in [0, 0.1) is 0 Å². The molecule has 138 valence electrons. The Bertz CT molecular complexity index is 999. The van der Waals surface area contributed by atoms with Gasteiger partial charge >= 0.3 is 6.01 Å². The minimum absolute atomic E-state index is 0.0113. The molecule has 1 aromatic carbocycles. The Morgan fingerprint density at radius 2 is 1.96 bits per heavy atom. The first-order valence-electron chi connectivity index (χ1n) is 8.40. The van der Waals surface area contributed by atoms with E-state index in [2.05, 4.69) is 30.6 Å². The minimum atomic E-state index is -0.416. The molecule has 0 aliphatic carbocycles. The fraction of sp³-hybridized carbons (Fsp3) is 0.294. The lowest BCUT2D eigenvalue weighted by Gasteiger charge is -2.29. The van der Waals surface area contributed by atoms with Crippen LogP contribution in [-0.4, -0.2) is 48.2 Å². The number of benzene rings is 1. The number of hydrogen-bond donors (Lipinski definition) is 3. The molecule has 0 unspecified atom stereocenters. The average Bonchev–Trinajstić information content (AvgIpc) is 3.17. The number of hydrogen-bond acceptors (Lipinski definition) is 8. The highest BCUT2D eigenvalue weighted by Gasteiger charge is 2.31. The van der Waals surface area contributed by atoms with Gasteiger partial charge < -0.3 is 15.7 Å². The lowest BCUT2D eigenvalue weighted by Crippen LogP contribution is -2.39. The first-order chi connectivity index (χ1) is 12.9. The second-order valence-corrected chi connectivity index (χ2v) is 6.86. The van der Waals surface area contributed by atoms with Crippen molar-refractivity contribution in [3.05, 3.63) is 46.9 Å². The first-order valence-corrected chi connectivity index (χ1v) is 8.40. The minimum Gasteiger partial charge on any atom is -0.479 e. The van der Waals surface area contributed by atoms with E-state index < -0.39 is 11.4 Å². The zero-order chi connectivity index (χ0) is 19.2. The topological polar surface area (TPSA) is 147 Å². The second kappa shape index (κ2) is 6.01. The number of carbonyl (C=O) groups excluding carboxylic acids is 1. The SMILES string of the molecule is CC(C)(c1ccc(N2CCc3nc(O)nc(N)c3C2=O)cc1)c1nnn[nH]1. The highest BCUT2D eigenvalue weighted by molar-refractivity contribution is 6.10. The maximum absolute atomic E-state index is 12.9. The number of nitrogens with two attached hydrogens (primary N) is 1. The number of rotatable bonds is 3. The van der Waals surface area contributed by atoms with Gasteiger partial charge in [-0.3, -0.25) is 4.79 Å². The molecule has 4 N–H and O–H groups in total. The number of tetrazole rings is 1. The van der Waals surface area contributed by atoms with E-state index in [-0.39, 0.29) is 17.3 Å². The van der Waals surface area contributed by atoms with E-state index in [0.717, 1.165) is 11.3 Å². The molecule has 0 bridgehead atoms. The van der Waals surface area contributed by atoms with E-state index in [1.54, 1.807) is 4.90 Å². The van der Waals surface area contributed by atoms with Gasteiger partial charge in [-0.05, 0) is 42.0 Å². The molecule has 3 aromatic rings. The van der Waals surface area contributed by atoms with Crippen LogP contribution in [0.15, 0.2) is 24.3 Å². The summed E-state index contributed by atoms with van der Waals surface area (Å²) in [6.07, 6.45) is 0.484. The number of amides is 1. The first kappa shape index (κ1) is 16.9. The van der Waals surface area contributed by atoms with Gasteiger partial charge in [-0.2, -0.15) is 9.97 Å². The Kier molecular flexibility index (Phi) is 3.76. The van der Waals surface area contributed by atoms with Crippen molar-refractivity contribution < 1.29 is 9.90 Å². The summed E-state index contributed by atoms with van der Waals surface area (Å²) in [5.41, 5.74) is 7.88. The molecule has 0 fully saturated rings. The average molecular weight is 366 g/mol. The molecular formula is C17H18N8O2. The Morgan fingerprint density at radius 3 is 2.63 bits per heavy atom. The number of aromatic nitrogens is 6. The van der Waals surface area contributed by atoms with E-state index in [1.165, 1.54) is 0 Å². The number of carbonyl (C=O) groups is 1. The van der Waals surface area contributed by atoms with Crippen molar-refractivity contribution in [2.45, 2.75) is 25.7 Å². The predicted octanol–water partition coefficient (Wildman–Crippen LogP) is 0.806. The molecule has 0 saturated carbocycles. The van der Waals surface area contributed by atoms with E-state index in [0.29, 0.717) is 24.5 Å². The number of nitrogens with zero attached hydrogens (tertiary/aromatic N) is 6. The third-order valence-corrected chi connectivity index (χ3v) is 4.87. The molecule has 3 heterocycles. The van der Waals surface area contributed by atoms with Crippen LogP contribution in [0.3, 0.4) is 0 Å². The van der Waals surface area contributed by atoms with Crippen molar-refractivity contribution in [1.29, 1.82) is 0 Å². The van der Waals surface area contributed by atoms with Crippen molar-refractivity contribution in [3.63, 3.8) is 0 Å². The van der Waals surface area contributed by atoms with Crippen molar-refractivity contribution in [2.75, 3.05) is 17.2 Å². The van der Waals surface area contributed by atoms with Crippen molar-refractivity contribution in [3.8, 4) is 6.01 Å². The highest BCUT2D eigenvalue weighted by atomic mass is 16.3. The molecule has 1 aliphatic heterocycles. The van der Waals surface area contributed by atoms with Crippen LogP contribution >= 0.6 is 0 Å². The highest BCUT2D eigenvalue weighted by Crippen LogP contribution is 2.32. The molecule has 0 saturated heterocycles. The summed E-state index contributed by atoms with van der Waals surface area (Å²) < 4.78 is 0. The van der Waals surface area contributed by atoms with Crippen LogP contribution in [0.4, 0.5) is 11.5 Å². The number of anilines is 2. The number of nitrogens with one attached hydrogen (secondary N) is 1. The summed E-state index contributed by atoms with van der Waals surface area (Å²) in [5.74, 6) is 0.367. The number of nitrogen functional groups attached to an aromatic ring is 1. The number of fused-ring (bicyclic) bond motifs is 1. The zero-order valence-electron chi connectivity index (χ0n) is 14.8. The standard InChI is InChI=1S/C17H18N8O2/c1-17(2,15-21-23-24-22-15)9-3-5-10(6-4-9)25-8-7-11-12(14(25)26)13(18)20-16(27)19-11/h3-6H,7-8H2,1-2H3,(H3,18,19,20,27)(H,21,22,23,24). The largest absolute Gasteiger partial charge is 0.479 e. The number of aromatic amines is 1. The number of aromatic hydroxyl groups is 1. The van der Waals surface area contributed by atoms with Gasteiger partial charge in [-0.15, -0.1) is 5.10 Å². The maximum atomic E-state index is 12.9. The van der Waals surface area contributed by atoms with Crippen LogP contribution in [0.2, 0.25) is 0 Å². The molecule has 1 amide bonds. The van der Waals surface area contributed by atoms with Gasteiger partial charge in [0.1, 0.15) is 11.4 Å². The summed E-state index contributed by atoms with van der Waals surface area (Å²) in [6, 6.07) is 7.22. The van der Waals surface area contributed by atoms with E-state index in [9.17, 15) is 9.90 Å². The fourth-order valence-electron chi connectivity index (χ4n) is 3.25. The van der Waals surface area contributed by atoms with Crippen molar-refractivity contribution in [2.24, 2.45) is 0 Å². The Labute approximate surface area is 154 Å². The van der Waals surface area contributed by atoms with Crippen LogP contribution < -0.4 is 10.6 Å². The molecule has 10 nitrogen and oxygen atoms in total. The van der Waals surface area contributed by atoms with E-state index >= 15 is 0 Å². The lowest BCUT2D eigenvalue weighted by molar-refractivity contribution is 0.0980. The molecule has 0 spiro atoms. The number of H-pyrrole nitrogens is 1. The monoisotopic (exact) mass is 366 g/mol. The Hall–Kier alpha value is -3.56. The molecule has 1 aliphatic rings. The van der Waals surface area contributed by atoms with Gasteiger partial charge in [0.2, 0.25) is 0 Å². The molecule has 10 heteroatoms. The molecule has 27 heavy (non-hydrogen) atoms. The third-order valence-electron chi connectivity index (χ3n) is 4.87. The molecule has 4 rings (SSSR count). The molecular weight excluding hydrogens is 348 g/mol. The smallest absolute Gasteiger partial charge is 0.316 e. The summed E-state index contributed by atoms with van der Waals surface area (Å²) in [7, 11) is 0. The summed E-state index contributed by atoms with van der Waals surface area (Å²) in [4.78, 5) is 22.1. The van der Waals surface area contributed by atoms with Crippen LogP contribution in [0.1, 0.15) is 41.3 Å². The summed E-state index contributed by atoms with van der Waals surface area (Å²) in [6.45, 7) is 4.46. The predicted molar refractivity (Wildman–Crippen MR) is 96.2 cm³/mol. The second-order valence-electron chi connectivity index (χ2n) is 6.86. The van der Waals surface area contributed by atoms with Crippen LogP contribution in [-0.2, 0) is 11.8 Å². The Balaban J connectivity index is 1.64. The quantitative estimate of drug-likeness (QED) is 0.617. The van der Waals surface area contributed by atoms with Gasteiger partial charge in [-0.1, -0.05) is 12.1 Å². The summed E-state index contributed by atoms with van der Waals surface area (Å²) in [5, 5.41) is 23.5. The van der Waals surface area contributed by atoms with E-state index in [4.69, 9.17) is 5.73 Å². The molecule has 0 atom stereocenters. The molecule has 0 radical (unpaired) electrons. The van der Waals surface area contributed by atoms with Crippen LogP contribution in [0.5, 0.6) is 6.01 Å².